The smallest absolute Gasteiger partial charge is 0.243 e. The van der Waals surface area contributed by atoms with Gasteiger partial charge in [0, 0.05) is 48.5 Å². The van der Waals surface area contributed by atoms with Gasteiger partial charge in [0.15, 0.2) is 0 Å². The van der Waals surface area contributed by atoms with Gasteiger partial charge in [-0.15, -0.1) is 11.3 Å². The zero-order valence-corrected chi connectivity index (χ0v) is 13.9. The molecular formula is C13H23N3O2S2. The number of thiophene rings is 1. The van der Waals surface area contributed by atoms with E-state index in [-0.39, 0.29) is 5.54 Å². The summed E-state index contributed by atoms with van der Waals surface area (Å²) in [7, 11) is -3.36. The summed E-state index contributed by atoms with van der Waals surface area (Å²) >= 11 is 1.40. The highest BCUT2D eigenvalue weighted by Crippen LogP contribution is 2.24. The topological polar surface area (TPSA) is 66.6 Å². The van der Waals surface area contributed by atoms with Gasteiger partial charge in [-0.1, -0.05) is 0 Å². The van der Waals surface area contributed by atoms with E-state index in [1.54, 1.807) is 15.8 Å². The van der Waals surface area contributed by atoms with Crippen molar-refractivity contribution in [2.24, 2.45) is 5.73 Å². The lowest BCUT2D eigenvalue weighted by Gasteiger charge is -2.41. The molecule has 0 radical (unpaired) electrons. The second-order valence-corrected chi connectivity index (χ2v) is 8.95. The Morgan fingerprint density at radius 2 is 1.85 bits per heavy atom. The van der Waals surface area contributed by atoms with Gasteiger partial charge in [-0.05, 0) is 26.8 Å². The molecule has 2 heterocycles. The first-order valence-electron chi connectivity index (χ1n) is 6.78. The molecule has 0 bridgehead atoms. The maximum atomic E-state index is 12.5. The zero-order chi connectivity index (χ0) is 15.0. The standard InChI is InChI=1S/C13H23N3O2S2/c1-13(2,3)15-4-6-16(7-5-15)20(17,18)12-8-11(9-14)19-10-12/h8,10H,4-7,9,14H2,1-3H3. The Morgan fingerprint density at radius 1 is 1.25 bits per heavy atom. The van der Waals surface area contributed by atoms with Crippen molar-refractivity contribution in [2.75, 3.05) is 26.2 Å². The van der Waals surface area contributed by atoms with E-state index in [9.17, 15) is 8.42 Å². The van der Waals surface area contributed by atoms with Crippen molar-refractivity contribution in [1.82, 2.24) is 9.21 Å². The number of hydrogen-bond acceptors (Lipinski definition) is 5. The van der Waals surface area contributed by atoms with Crippen molar-refractivity contribution in [3.8, 4) is 0 Å². The number of piperazine rings is 1. The summed E-state index contributed by atoms with van der Waals surface area (Å²) in [6, 6.07) is 1.69. The van der Waals surface area contributed by atoms with Gasteiger partial charge in [0.25, 0.3) is 0 Å². The van der Waals surface area contributed by atoms with E-state index in [1.807, 2.05) is 0 Å². The lowest BCUT2D eigenvalue weighted by Crippen LogP contribution is -2.54. The van der Waals surface area contributed by atoms with Crippen LogP contribution in [0.15, 0.2) is 16.3 Å². The highest BCUT2D eigenvalue weighted by atomic mass is 32.2. The van der Waals surface area contributed by atoms with E-state index in [2.05, 4.69) is 25.7 Å². The molecule has 0 amide bonds. The average Bonchev–Trinajstić information content (AvgIpc) is 2.87. The Hall–Kier alpha value is -0.470. The van der Waals surface area contributed by atoms with Gasteiger partial charge >= 0.3 is 0 Å². The third kappa shape index (κ3) is 3.23. The van der Waals surface area contributed by atoms with E-state index in [0.717, 1.165) is 18.0 Å². The van der Waals surface area contributed by atoms with Crippen LogP contribution in [0, 0.1) is 0 Å². The van der Waals surface area contributed by atoms with E-state index >= 15 is 0 Å². The van der Waals surface area contributed by atoms with Gasteiger partial charge in [0.2, 0.25) is 10.0 Å². The summed E-state index contributed by atoms with van der Waals surface area (Å²) in [5.41, 5.74) is 5.63. The first-order valence-corrected chi connectivity index (χ1v) is 9.10. The normalized spacial score (nSPS) is 19.4. The monoisotopic (exact) mass is 317 g/mol. The number of sulfonamides is 1. The molecule has 7 heteroatoms. The maximum Gasteiger partial charge on any atom is 0.243 e. The summed E-state index contributed by atoms with van der Waals surface area (Å²) in [5.74, 6) is 0. The molecule has 1 aromatic heterocycles. The fourth-order valence-corrected chi connectivity index (χ4v) is 4.92. The number of nitrogens with two attached hydrogens (primary N) is 1. The fraction of sp³-hybridized carbons (Fsp3) is 0.692. The molecule has 0 aromatic carbocycles. The second-order valence-electron chi connectivity index (χ2n) is 6.01. The summed E-state index contributed by atoms with van der Waals surface area (Å²) in [6.45, 7) is 9.50. The van der Waals surface area contributed by atoms with Crippen molar-refractivity contribution in [1.29, 1.82) is 0 Å². The molecule has 2 rings (SSSR count). The molecule has 1 aliphatic heterocycles. The van der Waals surface area contributed by atoms with Crippen molar-refractivity contribution >= 4 is 21.4 Å². The quantitative estimate of drug-likeness (QED) is 0.913. The Balaban J connectivity index is 2.09. The molecule has 1 aromatic rings. The first-order chi connectivity index (χ1) is 9.25. The molecule has 114 valence electrons. The molecule has 2 N–H and O–H groups in total. The van der Waals surface area contributed by atoms with Crippen LogP contribution < -0.4 is 5.73 Å². The molecule has 1 saturated heterocycles. The lowest BCUT2D eigenvalue weighted by atomic mass is 10.1. The van der Waals surface area contributed by atoms with Crippen molar-refractivity contribution in [3.63, 3.8) is 0 Å². The molecule has 20 heavy (non-hydrogen) atoms. The zero-order valence-electron chi connectivity index (χ0n) is 12.3. The van der Waals surface area contributed by atoms with E-state index in [4.69, 9.17) is 5.73 Å². The minimum Gasteiger partial charge on any atom is -0.326 e. The molecule has 0 atom stereocenters. The van der Waals surface area contributed by atoms with Crippen LogP contribution in [0.1, 0.15) is 25.6 Å². The van der Waals surface area contributed by atoms with Gasteiger partial charge in [0.1, 0.15) is 0 Å². The lowest BCUT2D eigenvalue weighted by molar-refractivity contribution is 0.0922. The van der Waals surface area contributed by atoms with Crippen LogP contribution in [-0.4, -0.2) is 49.3 Å². The molecule has 1 aliphatic rings. The summed E-state index contributed by atoms with van der Waals surface area (Å²) in [4.78, 5) is 3.60. The summed E-state index contributed by atoms with van der Waals surface area (Å²) in [6.07, 6.45) is 0. The van der Waals surface area contributed by atoms with Crippen LogP contribution in [0.2, 0.25) is 0 Å². The third-order valence-corrected chi connectivity index (χ3v) is 6.64. The summed E-state index contributed by atoms with van der Waals surface area (Å²) < 4.78 is 26.7. The number of hydrogen-bond donors (Lipinski definition) is 1. The largest absolute Gasteiger partial charge is 0.326 e. The third-order valence-electron chi connectivity index (χ3n) is 3.66. The molecule has 0 spiro atoms. The predicted octanol–water partition coefficient (Wildman–Crippen LogP) is 1.31. The minimum absolute atomic E-state index is 0.0882. The molecule has 0 unspecified atom stereocenters. The van der Waals surface area contributed by atoms with Gasteiger partial charge in [-0.3, -0.25) is 4.90 Å². The molecular weight excluding hydrogens is 294 g/mol. The van der Waals surface area contributed by atoms with Gasteiger partial charge in [-0.2, -0.15) is 4.31 Å². The van der Waals surface area contributed by atoms with Crippen LogP contribution in [0.25, 0.3) is 0 Å². The van der Waals surface area contributed by atoms with E-state index in [1.165, 1.54) is 11.3 Å². The molecule has 5 nitrogen and oxygen atoms in total. The molecule has 0 saturated carbocycles. The Kier molecular flexibility index (Phi) is 4.56. The highest BCUT2D eigenvalue weighted by molar-refractivity contribution is 7.89. The Morgan fingerprint density at radius 3 is 2.30 bits per heavy atom. The van der Waals surface area contributed by atoms with E-state index < -0.39 is 10.0 Å². The highest BCUT2D eigenvalue weighted by Gasteiger charge is 2.32. The van der Waals surface area contributed by atoms with Crippen LogP contribution in [0.4, 0.5) is 0 Å². The fourth-order valence-electron chi connectivity index (χ4n) is 2.35. The number of rotatable bonds is 3. The Labute approximate surface area is 125 Å². The average molecular weight is 317 g/mol. The van der Waals surface area contributed by atoms with Crippen molar-refractivity contribution in [2.45, 2.75) is 37.8 Å². The van der Waals surface area contributed by atoms with Crippen molar-refractivity contribution < 1.29 is 8.42 Å². The van der Waals surface area contributed by atoms with Gasteiger partial charge in [-0.25, -0.2) is 8.42 Å². The van der Waals surface area contributed by atoms with Crippen LogP contribution in [0.3, 0.4) is 0 Å². The van der Waals surface area contributed by atoms with Crippen LogP contribution in [0.5, 0.6) is 0 Å². The molecule has 1 fully saturated rings. The van der Waals surface area contributed by atoms with Crippen LogP contribution >= 0.6 is 11.3 Å². The molecule has 0 aliphatic carbocycles. The predicted molar refractivity (Wildman–Crippen MR) is 82.3 cm³/mol. The minimum atomic E-state index is -3.36. The van der Waals surface area contributed by atoms with Gasteiger partial charge in [0.05, 0.1) is 4.90 Å². The maximum absolute atomic E-state index is 12.5. The first kappa shape index (κ1) is 15.9. The number of nitrogens with zero attached hydrogens (tertiary/aromatic N) is 2. The SMILES string of the molecule is CC(C)(C)N1CCN(S(=O)(=O)c2csc(CN)c2)CC1. The second kappa shape index (κ2) is 5.73. The van der Waals surface area contributed by atoms with Crippen LogP contribution in [-0.2, 0) is 16.6 Å². The summed E-state index contributed by atoms with van der Waals surface area (Å²) in [5, 5.41) is 1.69. The van der Waals surface area contributed by atoms with Crippen molar-refractivity contribution in [3.05, 3.63) is 16.3 Å². The van der Waals surface area contributed by atoms with E-state index in [0.29, 0.717) is 24.5 Å². The Bertz CT molecular complexity index is 552. The van der Waals surface area contributed by atoms with Gasteiger partial charge < -0.3 is 5.73 Å².